The second-order valence-corrected chi connectivity index (χ2v) is 7.15. The minimum absolute atomic E-state index is 0.267. The summed E-state index contributed by atoms with van der Waals surface area (Å²) in [6, 6.07) is 6.32. The molecule has 0 aliphatic rings. The van der Waals surface area contributed by atoms with Gasteiger partial charge in [-0.2, -0.15) is 0 Å². The Bertz CT molecular complexity index is 453. The van der Waals surface area contributed by atoms with E-state index in [1.54, 1.807) is 17.6 Å². The van der Waals surface area contributed by atoms with Crippen LogP contribution in [0, 0.1) is 0 Å². The zero-order valence-corrected chi connectivity index (χ0v) is 12.7. The summed E-state index contributed by atoms with van der Waals surface area (Å²) in [5.41, 5.74) is 1.26. The second-order valence-electron chi connectivity index (χ2n) is 3.40. The van der Waals surface area contributed by atoms with Gasteiger partial charge in [0.25, 0.3) is 0 Å². The van der Waals surface area contributed by atoms with E-state index in [0.29, 0.717) is 0 Å². The molecule has 2 nitrogen and oxygen atoms in total. The highest BCUT2D eigenvalue weighted by atomic mass is 79.9. The first-order chi connectivity index (χ1) is 7.70. The standard InChI is InChI=1S/C11H11Br2NOS/c1-14-9(5-7-3-2-4-15-7)8-6-10(12)16-11(8)13/h2-4,6,9,14H,5H2,1H3. The van der Waals surface area contributed by atoms with Crippen molar-refractivity contribution >= 4 is 43.2 Å². The summed E-state index contributed by atoms with van der Waals surface area (Å²) in [4.78, 5) is 0. The molecule has 2 rings (SSSR count). The van der Waals surface area contributed by atoms with E-state index in [2.05, 4.69) is 43.2 Å². The second kappa shape index (κ2) is 5.49. The fourth-order valence-corrected chi connectivity index (χ4v) is 4.56. The summed E-state index contributed by atoms with van der Waals surface area (Å²) in [5.74, 6) is 0.994. The van der Waals surface area contributed by atoms with Crippen LogP contribution in [0.5, 0.6) is 0 Å². The van der Waals surface area contributed by atoms with Crippen LogP contribution in [0.1, 0.15) is 17.4 Å². The van der Waals surface area contributed by atoms with E-state index in [0.717, 1.165) is 19.8 Å². The van der Waals surface area contributed by atoms with Gasteiger partial charge in [0, 0.05) is 12.5 Å². The molecule has 0 fully saturated rings. The zero-order valence-electron chi connectivity index (χ0n) is 8.67. The normalized spacial score (nSPS) is 12.9. The van der Waals surface area contributed by atoms with Crippen molar-refractivity contribution < 1.29 is 4.42 Å². The highest BCUT2D eigenvalue weighted by Crippen LogP contribution is 2.36. The monoisotopic (exact) mass is 363 g/mol. The molecule has 0 aliphatic carbocycles. The number of hydrogen-bond donors (Lipinski definition) is 1. The van der Waals surface area contributed by atoms with Crippen LogP contribution in [-0.2, 0) is 6.42 Å². The third-order valence-corrected chi connectivity index (χ3v) is 4.78. The lowest BCUT2D eigenvalue weighted by atomic mass is 10.1. The topological polar surface area (TPSA) is 25.2 Å². The largest absolute Gasteiger partial charge is 0.469 e. The van der Waals surface area contributed by atoms with Crippen LogP contribution in [0.4, 0.5) is 0 Å². The lowest BCUT2D eigenvalue weighted by Crippen LogP contribution is -2.18. The molecule has 0 amide bonds. The Balaban J connectivity index is 2.19. The Hall–Kier alpha value is -0.100. The minimum atomic E-state index is 0.267. The van der Waals surface area contributed by atoms with Crippen LogP contribution in [-0.4, -0.2) is 7.05 Å². The van der Waals surface area contributed by atoms with Crippen molar-refractivity contribution in [2.75, 3.05) is 7.05 Å². The maximum absolute atomic E-state index is 5.37. The predicted octanol–water partition coefficient (Wildman–Crippen LogP) is 4.37. The summed E-state index contributed by atoms with van der Waals surface area (Å²) >= 11 is 8.76. The van der Waals surface area contributed by atoms with Crippen LogP contribution in [0.3, 0.4) is 0 Å². The SMILES string of the molecule is CNC(Cc1ccco1)c1cc(Br)sc1Br. The van der Waals surface area contributed by atoms with Gasteiger partial charge in [-0.15, -0.1) is 11.3 Å². The van der Waals surface area contributed by atoms with E-state index >= 15 is 0 Å². The van der Waals surface area contributed by atoms with Crippen molar-refractivity contribution in [3.63, 3.8) is 0 Å². The Morgan fingerprint density at radius 1 is 1.50 bits per heavy atom. The first kappa shape index (κ1) is 12.4. The van der Waals surface area contributed by atoms with Crippen molar-refractivity contribution in [3.05, 3.63) is 43.4 Å². The van der Waals surface area contributed by atoms with Gasteiger partial charge in [-0.3, -0.25) is 0 Å². The van der Waals surface area contributed by atoms with Gasteiger partial charge in [-0.25, -0.2) is 0 Å². The highest BCUT2D eigenvalue weighted by Gasteiger charge is 2.17. The molecule has 1 unspecified atom stereocenters. The van der Waals surface area contributed by atoms with E-state index in [4.69, 9.17) is 4.42 Å². The molecule has 2 heterocycles. The summed E-state index contributed by atoms with van der Waals surface area (Å²) in [7, 11) is 1.96. The smallest absolute Gasteiger partial charge is 0.105 e. The van der Waals surface area contributed by atoms with Crippen molar-refractivity contribution in [2.45, 2.75) is 12.5 Å². The number of hydrogen-bond acceptors (Lipinski definition) is 3. The average molecular weight is 365 g/mol. The van der Waals surface area contributed by atoms with Crippen molar-refractivity contribution in [2.24, 2.45) is 0 Å². The maximum Gasteiger partial charge on any atom is 0.105 e. The van der Waals surface area contributed by atoms with E-state index in [1.165, 1.54) is 5.56 Å². The van der Waals surface area contributed by atoms with E-state index in [1.807, 2.05) is 19.2 Å². The first-order valence-corrected chi connectivity index (χ1v) is 7.25. The first-order valence-electron chi connectivity index (χ1n) is 4.85. The van der Waals surface area contributed by atoms with Crippen molar-refractivity contribution in [3.8, 4) is 0 Å². The molecule has 0 aromatic carbocycles. The number of furan rings is 1. The van der Waals surface area contributed by atoms with Gasteiger partial charge >= 0.3 is 0 Å². The molecule has 0 saturated heterocycles. The Morgan fingerprint density at radius 3 is 2.81 bits per heavy atom. The molecule has 2 aromatic heterocycles. The quantitative estimate of drug-likeness (QED) is 0.871. The molecule has 1 N–H and O–H groups in total. The molecule has 0 aliphatic heterocycles. The summed E-state index contributed by atoms with van der Waals surface area (Å²) in [5, 5.41) is 3.31. The van der Waals surface area contributed by atoms with Gasteiger partial charge in [-0.05, 0) is 62.7 Å². The summed E-state index contributed by atoms with van der Waals surface area (Å²) in [6.45, 7) is 0. The average Bonchev–Trinajstić information content (AvgIpc) is 2.85. The Morgan fingerprint density at radius 2 is 2.31 bits per heavy atom. The molecule has 0 radical (unpaired) electrons. The third kappa shape index (κ3) is 2.77. The van der Waals surface area contributed by atoms with Crippen LogP contribution >= 0.6 is 43.2 Å². The van der Waals surface area contributed by atoms with Crippen LogP contribution < -0.4 is 5.32 Å². The Labute approximate surface area is 115 Å². The van der Waals surface area contributed by atoms with Gasteiger partial charge < -0.3 is 9.73 Å². The fourth-order valence-electron chi connectivity index (χ4n) is 1.59. The van der Waals surface area contributed by atoms with Crippen LogP contribution in [0.2, 0.25) is 0 Å². The summed E-state index contributed by atoms with van der Waals surface area (Å²) < 4.78 is 7.66. The van der Waals surface area contributed by atoms with Crippen molar-refractivity contribution in [1.82, 2.24) is 5.32 Å². The van der Waals surface area contributed by atoms with E-state index in [-0.39, 0.29) is 6.04 Å². The maximum atomic E-state index is 5.37. The van der Waals surface area contributed by atoms with Gasteiger partial charge in [0.1, 0.15) is 5.76 Å². The zero-order chi connectivity index (χ0) is 11.5. The minimum Gasteiger partial charge on any atom is -0.469 e. The number of nitrogens with one attached hydrogen (secondary N) is 1. The van der Waals surface area contributed by atoms with Crippen molar-refractivity contribution in [1.29, 1.82) is 0 Å². The van der Waals surface area contributed by atoms with E-state index < -0.39 is 0 Å². The number of halogens is 2. The van der Waals surface area contributed by atoms with Crippen LogP contribution in [0.15, 0.2) is 36.5 Å². The molecular formula is C11H11Br2NOS. The molecule has 0 spiro atoms. The highest BCUT2D eigenvalue weighted by molar-refractivity contribution is 9.12. The van der Waals surface area contributed by atoms with Gasteiger partial charge in [-0.1, -0.05) is 0 Å². The molecule has 2 aromatic rings. The molecule has 0 bridgehead atoms. The van der Waals surface area contributed by atoms with E-state index in [9.17, 15) is 0 Å². The number of rotatable bonds is 4. The molecule has 86 valence electrons. The van der Waals surface area contributed by atoms with Gasteiger partial charge in [0.2, 0.25) is 0 Å². The van der Waals surface area contributed by atoms with Gasteiger partial charge in [0.15, 0.2) is 0 Å². The molecular weight excluding hydrogens is 354 g/mol. The number of thiophene rings is 1. The molecule has 5 heteroatoms. The lowest BCUT2D eigenvalue weighted by molar-refractivity contribution is 0.466. The number of likely N-dealkylation sites (N-methyl/N-ethyl adjacent to an activating group) is 1. The molecule has 16 heavy (non-hydrogen) atoms. The van der Waals surface area contributed by atoms with Gasteiger partial charge in [0.05, 0.1) is 13.8 Å². The predicted molar refractivity (Wildman–Crippen MR) is 73.9 cm³/mol. The lowest BCUT2D eigenvalue weighted by Gasteiger charge is -2.14. The third-order valence-electron chi connectivity index (χ3n) is 2.39. The molecule has 1 atom stereocenters. The fraction of sp³-hybridized carbons (Fsp3) is 0.273. The van der Waals surface area contributed by atoms with Crippen LogP contribution in [0.25, 0.3) is 0 Å². The summed E-state index contributed by atoms with van der Waals surface area (Å²) in [6.07, 6.45) is 2.56. The Kier molecular flexibility index (Phi) is 4.24. The molecule has 0 saturated carbocycles.